The molecule has 1 saturated heterocycles. The Hall–Kier alpha value is -2.26. The van der Waals surface area contributed by atoms with E-state index in [1.165, 1.54) is 0 Å². The van der Waals surface area contributed by atoms with Crippen LogP contribution in [0, 0.1) is 0 Å². The Bertz CT molecular complexity index is 872. The molecular weight excluding hydrogens is 390 g/mol. The second-order valence-corrected chi connectivity index (χ2v) is 8.10. The van der Waals surface area contributed by atoms with Crippen LogP contribution >= 0.6 is 11.8 Å². The number of rotatable bonds is 7. The molecule has 1 N–H and O–H groups in total. The van der Waals surface area contributed by atoms with Crippen LogP contribution in [-0.2, 0) is 17.9 Å². The molecule has 156 valence electrons. The van der Waals surface area contributed by atoms with E-state index in [9.17, 15) is 4.79 Å². The minimum Gasteiger partial charge on any atom is -0.454 e. The van der Waals surface area contributed by atoms with Gasteiger partial charge in [0.1, 0.15) is 5.82 Å². The highest BCUT2D eigenvalue weighted by Crippen LogP contribution is 2.32. The number of carbonyl (C=O) groups is 1. The molecule has 0 bridgehead atoms. The van der Waals surface area contributed by atoms with Crippen LogP contribution in [-0.4, -0.2) is 58.3 Å². The summed E-state index contributed by atoms with van der Waals surface area (Å²) < 4.78 is 12.9. The fourth-order valence-corrected chi connectivity index (χ4v) is 4.54. The molecule has 1 aromatic carbocycles. The monoisotopic (exact) mass is 417 g/mol. The number of piperidine rings is 1. The highest BCUT2D eigenvalue weighted by Gasteiger charge is 2.27. The van der Waals surface area contributed by atoms with Gasteiger partial charge in [-0.25, -0.2) is 0 Å². The summed E-state index contributed by atoms with van der Waals surface area (Å²) in [5, 5.41) is 12.7. The maximum absolute atomic E-state index is 12.5. The van der Waals surface area contributed by atoms with Gasteiger partial charge in [-0.1, -0.05) is 17.8 Å². The van der Waals surface area contributed by atoms with Crippen molar-refractivity contribution in [1.29, 1.82) is 0 Å². The molecule has 1 fully saturated rings. The Morgan fingerprint density at radius 2 is 2.17 bits per heavy atom. The Morgan fingerprint density at radius 1 is 1.31 bits per heavy atom. The normalized spacial score (nSPS) is 18.8. The number of amides is 1. The van der Waals surface area contributed by atoms with Crippen LogP contribution in [0.4, 0.5) is 0 Å². The van der Waals surface area contributed by atoms with Crippen molar-refractivity contribution in [2.45, 2.75) is 43.9 Å². The number of hydrogen-bond acceptors (Lipinski definition) is 7. The number of benzene rings is 1. The van der Waals surface area contributed by atoms with Gasteiger partial charge in [-0.15, -0.1) is 10.2 Å². The molecule has 8 nitrogen and oxygen atoms in total. The largest absolute Gasteiger partial charge is 0.454 e. The summed E-state index contributed by atoms with van der Waals surface area (Å²) in [4.78, 5) is 14.7. The van der Waals surface area contributed by atoms with Gasteiger partial charge in [0.15, 0.2) is 16.7 Å². The minimum atomic E-state index is 0.0325. The van der Waals surface area contributed by atoms with Gasteiger partial charge in [-0.05, 0) is 50.3 Å². The van der Waals surface area contributed by atoms with Gasteiger partial charge in [0.2, 0.25) is 12.7 Å². The molecule has 0 aliphatic carbocycles. The van der Waals surface area contributed by atoms with E-state index >= 15 is 0 Å². The first-order valence-electron chi connectivity index (χ1n) is 10.0. The first-order valence-corrected chi connectivity index (χ1v) is 11.2. The molecule has 2 aliphatic heterocycles. The molecule has 3 heterocycles. The molecule has 2 aliphatic rings. The molecule has 0 spiro atoms. The van der Waals surface area contributed by atoms with Crippen LogP contribution in [0.3, 0.4) is 0 Å². The van der Waals surface area contributed by atoms with E-state index in [2.05, 4.69) is 31.9 Å². The number of hydrogen-bond donors (Lipinski definition) is 1. The van der Waals surface area contributed by atoms with Crippen molar-refractivity contribution in [2.24, 2.45) is 0 Å². The van der Waals surface area contributed by atoms with Gasteiger partial charge in [0, 0.05) is 25.6 Å². The highest BCUT2D eigenvalue weighted by molar-refractivity contribution is 7.98. The fourth-order valence-electron chi connectivity index (χ4n) is 3.97. The second-order valence-electron chi connectivity index (χ2n) is 7.33. The van der Waals surface area contributed by atoms with E-state index in [-0.39, 0.29) is 12.7 Å². The van der Waals surface area contributed by atoms with Gasteiger partial charge in [-0.3, -0.25) is 9.69 Å². The van der Waals surface area contributed by atoms with Crippen LogP contribution in [0.2, 0.25) is 0 Å². The summed E-state index contributed by atoms with van der Waals surface area (Å²) in [5.74, 6) is 2.88. The molecule has 1 amide bonds. The zero-order chi connectivity index (χ0) is 20.2. The Morgan fingerprint density at radius 3 is 3.00 bits per heavy atom. The third kappa shape index (κ3) is 4.51. The number of likely N-dealkylation sites (tertiary alicyclic amines) is 1. The van der Waals surface area contributed by atoms with Crippen molar-refractivity contribution in [3.8, 4) is 11.5 Å². The van der Waals surface area contributed by atoms with Crippen LogP contribution in [0.25, 0.3) is 0 Å². The average molecular weight is 418 g/mol. The summed E-state index contributed by atoms with van der Waals surface area (Å²) in [6.45, 7) is 5.89. The fraction of sp³-hybridized carbons (Fsp3) is 0.550. The van der Waals surface area contributed by atoms with Gasteiger partial charge < -0.3 is 19.4 Å². The van der Waals surface area contributed by atoms with Crippen molar-refractivity contribution in [3.05, 3.63) is 29.6 Å². The lowest BCUT2D eigenvalue weighted by atomic mass is 9.97. The van der Waals surface area contributed by atoms with Crippen molar-refractivity contribution < 1.29 is 14.3 Å². The first kappa shape index (κ1) is 20.0. The lowest BCUT2D eigenvalue weighted by Crippen LogP contribution is -2.42. The van der Waals surface area contributed by atoms with E-state index in [4.69, 9.17) is 9.47 Å². The van der Waals surface area contributed by atoms with Gasteiger partial charge >= 0.3 is 0 Å². The van der Waals surface area contributed by atoms with Crippen LogP contribution in [0.5, 0.6) is 11.5 Å². The zero-order valence-corrected chi connectivity index (χ0v) is 17.7. The Kier molecular flexibility index (Phi) is 6.25. The third-order valence-corrected chi connectivity index (χ3v) is 6.08. The summed E-state index contributed by atoms with van der Waals surface area (Å²) in [6.07, 6.45) is 4.17. The standard InChI is InChI=1S/C20H27N5O3S/c1-3-25-19(22-23-20(25)29-2)15-5-4-8-24(11-15)12-18(26)21-10-14-6-7-16-17(9-14)28-13-27-16/h6-7,9,15H,3-5,8,10-13H2,1-2H3,(H,21,26). The molecule has 1 aromatic heterocycles. The maximum Gasteiger partial charge on any atom is 0.234 e. The minimum absolute atomic E-state index is 0.0325. The second kappa shape index (κ2) is 9.04. The van der Waals surface area contributed by atoms with E-state index in [1.807, 2.05) is 24.5 Å². The smallest absolute Gasteiger partial charge is 0.234 e. The van der Waals surface area contributed by atoms with Crippen molar-refractivity contribution in [3.63, 3.8) is 0 Å². The third-order valence-electron chi connectivity index (χ3n) is 5.41. The van der Waals surface area contributed by atoms with Gasteiger partial charge in [-0.2, -0.15) is 0 Å². The molecule has 1 atom stereocenters. The summed E-state index contributed by atoms with van der Waals surface area (Å²) in [5.41, 5.74) is 1.000. The van der Waals surface area contributed by atoms with Gasteiger partial charge in [0.05, 0.1) is 6.54 Å². The topological polar surface area (TPSA) is 81.5 Å². The van der Waals surface area contributed by atoms with Crippen molar-refractivity contribution in [1.82, 2.24) is 25.0 Å². The Balaban J connectivity index is 1.31. The summed E-state index contributed by atoms with van der Waals surface area (Å²) in [7, 11) is 0. The molecular formula is C20H27N5O3S. The number of fused-ring (bicyclic) bond motifs is 1. The number of nitrogens with zero attached hydrogens (tertiary/aromatic N) is 4. The molecule has 1 unspecified atom stereocenters. The molecule has 2 aromatic rings. The van der Waals surface area contributed by atoms with Crippen molar-refractivity contribution >= 4 is 17.7 Å². The SMILES string of the molecule is CCn1c(SC)nnc1C1CCCN(CC(=O)NCc2ccc3c(c2)OCO3)C1. The first-order chi connectivity index (χ1) is 14.2. The molecule has 9 heteroatoms. The van der Waals surface area contributed by atoms with E-state index in [1.54, 1.807) is 11.8 Å². The molecule has 0 radical (unpaired) electrons. The highest BCUT2D eigenvalue weighted by atomic mass is 32.2. The molecule has 0 saturated carbocycles. The lowest BCUT2D eigenvalue weighted by molar-refractivity contribution is -0.122. The van der Waals surface area contributed by atoms with E-state index in [0.717, 1.165) is 60.5 Å². The molecule has 4 rings (SSSR count). The van der Waals surface area contributed by atoms with E-state index in [0.29, 0.717) is 19.0 Å². The number of aromatic nitrogens is 3. The number of thioether (sulfide) groups is 1. The Labute approximate surface area is 175 Å². The summed E-state index contributed by atoms with van der Waals surface area (Å²) in [6, 6.07) is 5.75. The number of nitrogens with one attached hydrogen (secondary N) is 1. The lowest BCUT2D eigenvalue weighted by Gasteiger charge is -2.31. The number of carbonyl (C=O) groups excluding carboxylic acids is 1. The molecule has 29 heavy (non-hydrogen) atoms. The average Bonchev–Trinajstić information content (AvgIpc) is 3.38. The predicted octanol–water partition coefficient (Wildman–Crippen LogP) is 2.24. The van der Waals surface area contributed by atoms with Crippen LogP contribution < -0.4 is 14.8 Å². The van der Waals surface area contributed by atoms with E-state index < -0.39 is 0 Å². The predicted molar refractivity (Wildman–Crippen MR) is 110 cm³/mol. The van der Waals surface area contributed by atoms with Gasteiger partial charge in [0.25, 0.3) is 0 Å². The zero-order valence-electron chi connectivity index (χ0n) is 16.9. The maximum atomic E-state index is 12.5. The summed E-state index contributed by atoms with van der Waals surface area (Å²) >= 11 is 1.62. The van der Waals surface area contributed by atoms with Crippen LogP contribution in [0.1, 0.15) is 37.1 Å². The van der Waals surface area contributed by atoms with Crippen LogP contribution in [0.15, 0.2) is 23.4 Å². The van der Waals surface area contributed by atoms with Crippen molar-refractivity contribution in [2.75, 3.05) is 32.7 Å². The quantitative estimate of drug-likeness (QED) is 0.692. The number of ether oxygens (including phenoxy) is 2.